The first-order chi connectivity index (χ1) is 10.4. The molecule has 0 heterocycles. The zero-order valence-corrected chi connectivity index (χ0v) is 12.4. The van der Waals surface area contributed by atoms with Crippen molar-refractivity contribution < 1.29 is 9.85 Å². The number of nitrogens with zero attached hydrogens (tertiary/aromatic N) is 2. The summed E-state index contributed by atoms with van der Waals surface area (Å²) in [6.45, 7) is 0. The van der Waals surface area contributed by atoms with E-state index in [1.54, 1.807) is 0 Å². The zero-order valence-electron chi connectivity index (χ0n) is 10.9. The summed E-state index contributed by atoms with van der Waals surface area (Å²) < 4.78 is 0. The Morgan fingerprint density at radius 1 is 0.773 bits per heavy atom. The molecule has 2 aromatic rings. The third-order valence-electron chi connectivity index (χ3n) is 2.82. The number of nitro benzene ring substituents is 2. The summed E-state index contributed by atoms with van der Waals surface area (Å²) >= 11 is 11.5. The molecule has 0 fully saturated rings. The molecule has 0 spiro atoms. The Kier molecular flexibility index (Phi) is 4.75. The van der Waals surface area contributed by atoms with E-state index in [4.69, 9.17) is 23.2 Å². The van der Waals surface area contributed by atoms with Crippen LogP contribution in [-0.4, -0.2) is 9.85 Å². The molecule has 0 saturated heterocycles. The van der Waals surface area contributed by atoms with E-state index in [1.165, 1.54) is 48.6 Å². The van der Waals surface area contributed by atoms with Gasteiger partial charge < -0.3 is 0 Å². The summed E-state index contributed by atoms with van der Waals surface area (Å²) in [4.78, 5) is 20.8. The normalized spacial score (nSPS) is 10.8. The van der Waals surface area contributed by atoms with Crippen molar-refractivity contribution in [3.05, 3.63) is 77.8 Å². The summed E-state index contributed by atoms with van der Waals surface area (Å²) in [5, 5.41) is 22.5. The Morgan fingerprint density at radius 2 is 1.14 bits per heavy atom. The highest BCUT2D eigenvalue weighted by molar-refractivity contribution is 6.31. The minimum Gasteiger partial charge on any atom is -0.258 e. The van der Waals surface area contributed by atoms with Gasteiger partial charge in [-0.2, -0.15) is 0 Å². The molecule has 0 N–H and O–H groups in total. The second-order valence-electron chi connectivity index (χ2n) is 4.25. The Morgan fingerprint density at radius 3 is 1.45 bits per heavy atom. The van der Waals surface area contributed by atoms with Gasteiger partial charge in [-0.15, -0.1) is 0 Å². The molecule has 0 radical (unpaired) electrons. The summed E-state index contributed by atoms with van der Waals surface area (Å²) in [5.74, 6) is 0. The summed E-state index contributed by atoms with van der Waals surface area (Å²) in [6.07, 6.45) is 2.84. The molecule has 2 rings (SSSR count). The third-order valence-corrected chi connectivity index (χ3v) is 3.29. The second-order valence-corrected chi connectivity index (χ2v) is 5.13. The first kappa shape index (κ1) is 15.9. The monoisotopic (exact) mass is 338 g/mol. The molecule has 0 unspecified atom stereocenters. The SMILES string of the molecule is O=[N+]([O-])c1cc(Cl)ccc1/C=C/c1ccc(Cl)cc1[N+](=O)[O-]. The lowest BCUT2D eigenvalue weighted by atomic mass is 10.1. The molecule has 0 amide bonds. The van der Waals surface area contributed by atoms with Crippen LogP contribution in [0.3, 0.4) is 0 Å². The van der Waals surface area contributed by atoms with Crippen LogP contribution in [0.5, 0.6) is 0 Å². The Labute approximate surface area is 134 Å². The fourth-order valence-corrected chi connectivity index (χ4v) is 2.14. The summed E-state index contributed by atoms with van der Waals surface area (Å²) in [5.41, 5.74) is 0.220. The van der Waals surface area contributed by atoms with Crippen LogP contribution in [0.4, 0.5) is 11.4 Å². The van der Waals surface area contributed by atoms with Gasteiger partial charge in [-0.25, -0.2) is 0 Å². The van der Waals surface area contributed by atoms with Gasteiger partial charge in [0.15, 0.2) is 0 Å². The molecule has 0 aliphatic rings. The van der Waals surface area contributed by atoms with E-state index in [9.17, 15) is 20.2 Å². The van der Waals surface area contributed by atoms with Crippen molar-refractivity contribution in [3.63, 3.8) is 0 Å². The minimum atomic E-state index is -0.568. The van der Waals surface area contributed by atoms with E-state index in [2.05, 4.69) is 0 Å². The average Bonchev–Trinajstić information content (AvgIpc) is 2.46. The lowest BCUT2D eigenvalue weighted by Crippen LogP contribution is -1.92. The number of hydrogen-bond acceptors (Lipinski definition) is 4. The largest absolute Gasteiger partial charge is 0.278 e. The smallest absolute Gasteiger partial charge is 0.258 e. The molecule has 0 aliphatic heterocycles. The van der Waals surface area contributed by atoms with Gasteiger partial charge in [-0.1, -0.05) is 23.2 Å². The third kappa shape index (κ3) is 3.60. The molecular formula is C14H8Cl2N2O4. The van der Waals surface area contributed by atoms with Crippen LogP contribution in [0.15, 0.2) is 36.4 Å². The van der Waals surface area contributed by atoms with E-state index in [0.29, 0.717) is 11.1 Å². The fourth-order valence-electron chi connectivity index (χ4n) is 1.81. The van der Waals surface area contributed by atoms with Crippen molar-refractivity contribution >= 4 is 46.7 Å². The topological polar surface area (TPSA) is 86.3 Å². The van der Waals surface area contributed by atoms with Crippen LogP contribution >= 0.6 is 23.2 Å². The zero-order chi connectivity index (χ0) is 16.3. The van der Waals surface area contributed by atoms with Crippen molar-refractivity contribution in [2.45, 2.75) is 0 Å². The maximum atomic E-state index is 11.0. The quantitative estimate of drug-likeness (QED) is 0.446. The number of benzene rings is 2. The number of hydrogen-bond donors (Lipinski definition) is 0. The van der Waals surface area contributed by atoms with Crippen molar-refractivity contribution in [1.82, 2.24) is 0 Å². The van der Waals surface area contributed by atoms with Gasteiger partial charge in [-0.3, -0.25) is 20.2 Å². The predicted octanol–water partition coefficient (Wildman–Crippen LogP) is 4.98. The van der Waals surface area contributed by atoms with E-state index in [1.807, 2.05) is 0 Å². The van der Waals surface area contributed by atoms with E-state index >= 15 is 0 Å². The lowest BCUT2D eigenvalue weighted by molar-refractivity contribution is -0.385. The number of rotatable bonds is 4. The standard InChI is InChI=1S/C14H8Cl2N2O4/c15-11-5-3-9(13(7-11)17(19)20)1-2-10-4-6-12(16)8-14(10)18(21)22/h1-8H/b2-1+. The van der Waals surface area contributed by atoms with Crippen molar-refractivity contribution in [2.24, 2.45) is 0 Å². The maximum absolute atomic E-state index is 11.0. The van der Waals surface area contributed by atoms with Gasteiger partial charge in [0.2, 0.25) is 0 Å². The molecular weight excluding hydrogens is 331 g/mol. The molecule has 0 bridgehead atoms. The van der Waals surface area contributed by atoms with Crippen LogP contribution in [-0.2, 0) is 0 Å². The average molecular weight is 339 g/mol. The first-order valence-corrected chi connectivity index (χ1v) is 6.70. The van der Waals surface area contributed by atoms with Gasteiger partial charge in [-0.05, 0) is 36.4 Å². The molecule has 0 atom stereocenters. The van der Waals surface area contributed by atoms with Crippen LogP contribution in [0, 0.1) is 20.2 Å². The summed E-state index contributed by atoms with van der Waals surface area (Å²) in [7, 11) is 0. The van der Waals surface area contributed by atoms with E-state index < -0.39 is 9.85 Å². The van der Waals surface area contributed by atoms with Crippen molar-refractivity contribution in [3.8, 4) is 0 Å². The highest BCUT2D eigenvalue weighted by Gasteiger charge is 2.14. The van der Waals surface area contributed by atoms with Crippen LogP contribution in [0.2, 0.25) is 10.0 Å². The molecule has 0 aliphatic carbocycles. The van der Waals surface area contributed by atoms with Gasteiger partial charge in [0.05, 0.1) is 21.0 Å². The second kappa shape index (κ2) is 6.55. The van der Waals surface area contributed by atoms with E-state index in [0.717, 1.165) is 0 Å². The predicted molar refractivity (Wildman–Crippen MR) is 85.1 cm³/mol. The molecule has 6 nitrogen and oxygen atoms in total. The molecule has 2 aromatic carbocycles. The molecule has 8 heteroatoms. The number of nitro groups is 2. The number of halogens is 2. The molecule has 112 valence electrons. The first-order valence-electron chi connectivity index (χ1n) is 5.94. The molecule has 0 aromatic heterocycles. The van der Waals surface area contributed by atoms with Crippen molar-refractivity contribution in [1.29, 1.82) is 0 Å². The van der Waals surface area contributed by atoms with Crippen molar-refractivity contribution in [2.75, 3.05) is 0 Å². The fraction of sp³-hybridized carbons (Fsp3) is 0. The van der Waals surface area contributed by atoms with Crippen LogP contribution in [0.1, 0.15) is 11.1 Å². The summed E-state index contributed by atoms with van der Waals surface area (Å²) in [6, 6.07) is 8.39. The van der Waals surface area contributed by atoms with Crippen LogP contribution < -0.4 is 0 Å². The Hall–Kier alpha value is -2.44. The van der Waals surface area contributed by atoms with Gasteiger partial charge in [0.25, 0.3) is 11.4 Å². The van der Waals surface area contributed by atoms with Crippen LogP contribution in [0.25, 0.3) is 12.2 Å². The molecule has 0 saturated carbocycles. The highest BCUT2D eigenvalue weighted by atomic mass is 35.5. The van der Waals surface area contributed by atoms with Gasteiger partial charge >= 0.3 is 0 Å². The molecule has 22 heavy (non-hydrogen) atoms. The minimum absolute atomic E-state index is 0.180. The van der Waals surface area contributed by atoms with E-state index in [-0.39, 0.29) is 21.4 Å². The lowest BCUT2D eigenvalue weighted by Gasteiger charge is -2.00. The highest BCUT2D eigenvalue weighted by Crippen LogP contribution is 2.28. The Balaban J connectivity index is 2.46. The van der Waals surface area contributed by atoms with Gasteiger partial charge in [0, 0.05) is 22.2 Å². The Bertz CT molecular complexity index is 725. The van der Waals surface area contributed by atoms with Gasteiger partial charge in [0.1, 0.15) is 0 Å². The maximum Gasteiger partial charge on any atom is 0.278 e.